The lowest BCUT2D eigenvalue weighted by Gasteiger charge is -2.39. The van der Waals surface area contributed by atoms with Crippen LogP contribution in [0.2, 0.25) is 5.02 Å². The summed E-state index contributed by atoms with van der Waals surface area (Å²) in [4.78, 5) is 35.7. The van der Waals surface area contributed by atoms with E-state index in [1.165, 1.54) is 17.5 Å². The number of aromatic nitrogens is 1. The van der Waals surface area contributed by atoms with Crippen LogP contribution >= 0.6 is 11.6 Å². The maximum absolute atomic E-state index is 13.4. The molecule has 10 heteroatoms. The van der Waals surface area contributed by atoms with E-state index in [4.69, 9.17) is 16.0 Å². The average Bonchev–Trinajstić information content (AvgIpc) is 3.72. The molecule has 3 aliphatic rings. The summed E-state index contributed by atoms with van der Waals surface area (Å²) in [6, 6.07) is 11.4. The number of para-hydroxylation sites is 1. The summed E-state index contributed by atoms with van der Waals surface area (Å²) in [6.45, 7) is 7.12. The van der Waals surface area contributed by atoms with Crippen molar-refractivity contribution in [1.82, 2.24) is 10.3 Å². The molecule has 3 aromatic rings. The van der Waals surface area contributed by atoms with Crippen LogP contribution in [-0.4, -0.2) is 60.2 Å². The van der Waals surface area contributed by atoms with Gasteiger partial charge in [0.15, 0.2) is 11.6 Å². The van der Waals surface area contributed by atoms with Crippen molar-refractivity contribution >= 4 is 40.5 Å². The highest BCUT2D eigenvalue weighted by Crippen LogP contribution is 2.39. The number of nitrogens with zero attached hydrogens (tertiary/aromatic N) is 3. The molecule has 1 aliphatic heterocycles. The van der Waals surface area contributed by atoms with Crippen molar-refractivity contribution in [1.29, 1.82) is 0 Å². The fraction of sp³-hybridized carbons (Fsp3) is 0.469. The zero-order chi connectivity index (χ0) is 29.4. The Bertz CT molecular complexity index is 1460. The van der Waals surface area contributed by atoms with Gasteiger partial charge in [-0.15, -0.1) is 0 Å². The van der Waals surface area contributed by atoms with Crippen LogP contribution in [0.15, 0.2) is 47.1 Å². The van der Waals surface area contributed by atoms with E-state index in [0.717, 1.165) is 44.5 Å². The van der Waals surface area contributed by atoms with Gasteiger partial charge in [-0.25, -0.2) is 4.98 Å². The first kappa shape index (κ1) is 28.6. The van der Waals surface area contributed by atoms with Crippen molar-refractivity contribution in [3.63, 3.8) is 0 Å². The molecule has 0 spiro atoms. The minimum absolute atomic E-state index is 0.109. The van der Waals surface area contributed by atoms with Crippen LogP contribution in [0.25, 0.3) is 0 Å². The molecule has 3 N–H and O–H groups in total. The van der Waals surface area contributed by atoms with Crippen molar-refractivity contribution in [3.05, 3.63) is 70.4 Å². The molecule has 42 heavy (non-hydrogen) atoms. The van der Waals surface area contributed by atoms with Crippen LogP contribution in [0.5, 0.6) is 0 Å². The number of oxazole rings is 1. The smallest absolute Gasteiger partial charge is 0.277 e. The van der Waals surface area contributed by atoms with E-state index in [0.29, 0.717) is 31.1 Å². The fourth-order valence-electron chi connectivity index (χ4n) is 6.10. The second-order valence-corrected chi connectivity index (χ2v) is 12.3. The van der Waals surface area contributed by atoms with Crippen molar-refractivity contribution in [2.75, 3.05) is 41.3 Å². The predicted molar refractivity (Wildman–Crippen MR) is 164 cm³/mol. The minimum Gasteiger partial charge on any atom is -0.448 e. The van der Waals surface area contributed by atoms with Gasteiger partial charge in [0, 0.05) is 37.8 Å². The van der Waals surface area contributed by atoms with Crippen molar-refractivity contribution in [3.8, 4) is 0 Å². The third-order valence-corrected chi connectivity index (χ3v) is 9.13. The Hall–Kier alpha value is -3.56. The molecule has 2 amide bonds. The molecule has 2 heterocycles. The normalized spacial score (nSPS) is 22.6. The summed E-state index contributed by atoms with van der Waals surface area (Å²) in [6.07, 6.45) is 5.38. The SMILES string of the molecule is Cc1ccccc1N1CCN(c2cc(Cl)c(C(=O)N[C@H]3CCC[C@H](C)[C@@H]3O)cc2NC(=O)c2coc(C3CC3)n2)CC1. The van der Waals surface area contributed by atoms with Gasteiger partial charge >= 0.3 is 0 Å². The Labute approximate surface area is 251 Å². The Morgan fingerprint density at radius 3 is 2.43 bits per heavy atom. The van der Waals surface area contributed by atoms with E-state index in [1.54, 1.807) is 12.1 Å². The Balaban J connectivity index is 1.26. The lowest BCUT2D eigenvalue weighted by molar-refractivity contribution is 0.0420. The molecule has 1 aromatic heterocycles. The highest BCUT2D eigenvalue weighted by atomic mass is 35.5. The monoisotopic (exact) mass is 591 g/mol. The standard InChI is InChI=1S/C32H38ClN5O4/c1-19-6-3-4-9-27(19)37-12-14-38(15-13-37)28-17-23(33)22(30(40)34-24-8-5-7-20(2)29(24)39)16-25(28)35-31(41)26-18-42-32(36-26)21-10-11-21/h3-4,6,9,16-18,20-21,24,29,39H,5,7-8,10-15H2,1-2H3,(H,34,40)(H,35,41)/t20-,24-,29-/m0/s1. The molecule has 6 rings (SSSR count). The molecule has 1 saturated heterocycles. The molecule has 2 aliphatic carbocycles. The number of benzene rings is 2. The number of aryl methyl sites for hydroxylation is 1. The summed E-state index contributed by atoms with van der Waals surface area (Å²) < 4.78 is 5.54. The number of aliphatic hydroxyl groups excluding tert-OH is 1. The molecule has 3 atom stereocenters. The van der Waals surface area contributed by atoms with E-state index >= 15 is 0 Å². The van der Waals surface area contributed by atoms with Gasteiger partial charge in [-0.2, -0.15) is 0 Å². The molecule has 0 bridgehead atoms. The number of aliphatic hydroxyl groups is 1. The largest absolute Gasteiger partial charge is 0.448 e. The van der Waals surface area contributed by atoms with Gasteiger partial charge in [-0.1, -0.05) is 43.1 Å². The Morgan fingerprint density at radius 1 is 1.00 bits per heavy atom. The van der Waals surface area contributed by atoms with Gasteiger partial charge in [0.2, 0.25) is 0 Å². The first-order valence-corrected chi connectivity index (χ1v) is 15.3. The zero-order valence-corrected chi connectivity index (χ0v) is 24.9. The zero-order valence-electron chi connectivity index (χ0n) is 24.1. The number of carbonyl (C=O) groups excluding carboxylic acids is 2. The van der Waals surface area contributed by atoms with Crippen LogP contribution < -0.4 is 20.4 Å². The van der Waals surface area contributed by atoms with Gasteiger partial charge < -0.3 is 30.0 Å². The summed E-state index contributed by atoms with van der Waals surface area (Å²) in [5.41, 5.74) is 4.12. The fourth-order valence-corrected chi connectivity index (χ4v) is 6.35. The Kier molecular flexibility index (Phi) is 8.14. The first-order chi connectivity index (χ1) is 20.3. The van der Waals surface area contributed by atoms with E-state index in [-0.39, 0.29) is 40.1 Å². The number of carbonyl (C=O) groups is 2. The number of hydrogen-bond acceptors (Lipinski definition) is 7. The Morgan fingerprint density at radius 2 is 1.71 bits per heavy atom. The first-order valence-electron chi connectivity index (χ1n) is 14.9. The third kappa shape index (κ3) is 5.99. The molecular formula is C32H38ClN5O4. The molecular weight excluding hydrogens is 554 g/mol. The topological polar surface area (TPSA) is 111 Å². The average molecular weight is 592 g/mol. The highest BCUT2D eigenvalue weighted by Gasteiger charge is 2.32. The van der Waals surface area contributed by atoms with Crippen LogP contribution in [0.4, 0.5) is 17.1 Å². The number of anilines is 3. The minimum atomic E-state index is -0.614. The number of piperazine rings is 1. The number of nitrogens with one attached hydrogen (secondary N) is 2. The van der Waals surface area contributed by atoms with Gasteiger partial charge in [-0.3, -0.25) is 9.59 Å². The second kappa shape index (κ2) is 12.0. The number of hydrogen-bond donors (Lipinski definition) is 3. The van der Waals surface area contributed by atoms with E-state index in [9.17, 15) is 14.7 Å². The number of halogens is 1. The highest BCUT2D eigenvalue weighted by molar-refractivity contribution is 6.34. The lowest BCUT2D eigenvalue weighted by Crippen LogP contribution is -2.48. The molecule has 2 saturated carbocycles. The molecule has 222 valence electrons. The van der Waals surface area contributed by atoms with Crippen molar-refractivity contribution in [2.24, 2.45) is 5.92 Å². The quantitative estimate of drug-likeness (QED) is 0.339. The second-order valence-electron chi connectivity index (χ2n) is 11.9. The summed E-state index contributed by atoms with van der Waals surface area (Å²) in [5, 5.41) is 16.9. The molecule has 2 aromatic carbocycles. The van der Waals surface area contributed by atoms with Crippen molar-refractivity contribution < 1.29 is 19.1 Å². The molecule has 0 unspecified atom stereocenters. The van der Waals surface area contributed by atoms with Gasteiger partial charge in [-0.05, 0) is 62.3 Å². The molecule has 9 nitrogen and oxygen atoms in total. The maximum Gasteiger partial charge on any atom is 0.277 e. The molecule has 3 fully saturated rings. The molecule has 0 radical (unpaired) electrons. The van der Waals surface area contributed by atoms with Gasteiger partial charge in [0.05, 0.1) is 34.1 Å². The van der Waals surface area contributed by atoms with Crippen LogP contribution in [0.1, 0.15) is 77.2 Å². The summed E-state index contributed by atoms with van der Waals surface area (Å²) >= 11 is 6.74. The summed E-state index contributed by atoms with van der Waals surface area (Å²) in [7, 11) is 0. The maximum atomic E-state index is 13.4. The third-order valence-electron chi connectivity index (χ3n) is 8.82. The van der Waals surface area contributed by atoms with Gasteiger partial charge in [0.1, 0.15) is 6.26 Å². The van der Waals surface area contributed by atoms with Crippen LogP contribution in [0, 0.1) is 12.8 Å². The predicted octanol–water partition coefficient (Wildman–Crippen LogP) is 5.37. The number of amides is 2. The van der Waals surface area contributed by atoms with E-state index < -0.39 is 12.0 Å². The number of rotatable bonds is 7. The van der Waals surface area contributed by atoms with Crippen LogP contribution in [0.3, 0.4) is 0 Å². The van der Waals surface area contributed by atoms with Crippen molar-refractivity contribution in [2.45, 2.75) is 64.0 Å². The van der Waals surface area contributed by atoms with Gasteiger partial charge in [0.25, 0.3) is 11.8 Å². The van der Waals surface area contributed by atoms with E-state index in [2.05, 4.69) is 50.5 Å². The summed E-state index contributed by atoms with van der Waals surface area (Å²) in [5.74, 6) is 0.204. The van der Waals surface area contributed by atoms with E-state index in [1.807, 2.05) is 13.0 Å². The lowest BCUT2D eigenvalue weighted by atomic mass is 9.84. The van der Waals surface area contributed by atoms with Crippen LogP contribution in [-0.2, 0) is 0 Å².